The molecule has 0 aliphatic carbocycles. The molecule has 17 heavy (non-hydrogen) atoms. The molecule has 90 valence electrons. The van der Waals surface area contributed by atoms with Gasteiger partial charge in [-0.25, -0.2) is 0 Å². The number of hydrogen-bond acceptors (Lipinski definition) is 4. The predicted octanol–water partition coefficient (Wildman–Crippen LogP) is 2.32. The zero-order valence-electron chi connectivity index (χ0n) is 9.90. The average molecular weight is 248 g/mol. The topological polar surface area (TPSA) is 24.5 Å². The molecule has 0 spiro atoms. The molecule has 1 saturated heterocycles. The van der Waals surface area contributed by atoms with Crippen LogP contribution in [-0.4, -0.2) is 33.3 Å². The van der Waals surface area contributed by atoms with E-state index in [1.807, 2.05) is 17.4 Å². The number of piperazine rings is 1. The number of fused-ring (bicyclic) bond motifs is 1. The maximum Gasteiger partial charge on any atom is 0.136 e. The molecule has 1 aromatic heterocycles. The fourth-order valence-corrected chi connectivity index (χ4v) is 3.43. The Kier molecular flexibility index (Phi) is 2.91. The predicted molar refractivity (Wildman–Crippen MR) is 73.5 cm³/mol. The highest BCUT2D eigenvalue weighted by molar-refractivity contribution is 7.23. The highest BCUT2D eigenvalue weighted by atomic mass is 32.1. The summed E-state index contributed by atoms with van der Waals surface area (Å²) in [5.74, 6) is 0.980. The van der Waals surface area contributed by atoms with Crippen molar-refractivity contribution in [1.29, 1.82) is 0 Å². The van der Waals surface area contributed by atoms with Crippen LogP contribution in [0.1, 0.15) is 0 Å². The molecule has 3 rings (SSSR count). The van der Waals surface area contributed by atoms with Gasteiger partial charge in [0.1, 0.15) is 5.75 Å². The maximum atomic E-state index is 5.41. The lowest BCUT2D eigenvalue weighted by Crippen LogP contribution is -2.43. The third kappa shape index (κ3) is 1.98. The second kappa shape index (κ2) is 4.55. The Labute approximate surface area is 105 Å². The largest absolute Gasteiger partial charge is 0.495 e. The van der Waals surface area contributed by atoms with Gasteiger partial charge >= 0.3 is 0 Å². The summed E-state index contributed by atoms with van der Waals surface area (Å²) in [5.41, 5.74) is 0. The fraction of sp³-hybridized carbons (Fsp3) is 0.385. The van der Waals surface area contributed by atoms with Crippen LogP contribution in [0.2, 0.25) is 0 Å². The molecule has 0 amide bonds. The van der Waals surface area contributed by atoms with Gasteiger partial charge in [-0.1, -0.05) is 12.1 Å². The number of rotatable bonds is 2. The fourth-order valence-electron chi connectivity index (χ4n) is 2.22. The minimum absolute atomic E-state index is 0.980. The summed E-state index contributed by atoms with van der Waals surface area (Å²) in [4.78, 5) is 2.45. The van der Waals surface area contributed by atoms with Gasteiger partial charge in [-0.05, 0) is 17.5 Å². The Hall–Kier alpha value is -1.26. The van der Waals surface area contributed by atoms with Crippen LogP contribution >= 0.6 is 11.3 Å². The molecule has 0 radical (unpaired) electrons. The first-order valence-corrected chi connectivity index (χ1v) is 6.72. The van der Waals surface area contributed by atoms with Crippen molar-refractivity contribution in [3.8, 4) is 5.75 Å². The molecule has 1 aliphatic heterocycles. The van der Waals surface area contributed by atoms with E-state index < -0.39 is 0 Å². The lowest BCUT2D eigenvalue weighted by molar-refractivity contribution is 0.420. The van der Waals surface area contributed by atoms with Crippen molar-refractivity contribution >= 4 is 26.4 Å². The van der Waals surface area contributed by atoms with E-state index in [1.54, 1.807) is 7.11 Å². The number of anilines is 1. The van der Waals surface area contributed by atoms with Crippen LogP contribution < -0.4 is 15.0 Å². The van der Waals surface area contributed by atoms with Crippen molar-refractivity contribution in [2.24, 2.45) is 0 Å². The van der Waals surface area contributed by atoms with E-state index in [9.17, 15) is 0 Å². The number of thiophene rings is 1. The lowest BCUT2D eigenvalue weighted by atomic mass is 10.2. The molecule has 2 aromatic rings. The van der Waals surface area contributed by atoms with Crippen LogP contribution in [0.3, 0.4) is 0 Å². The standard InChI is InChI=1S/C13H16N2OS/c1-16-11-4-2-3-10-9-12(17-13(10)11)15-7-5-14-6-8-15/h2-4,9,14H,5-8H2,1H3. The van der Waals surface area contributed by atoms with Gasteiger partial charge in [0.15, 0.2) is 0 Å². The van der Waals surface area contributed by atoms with E-state index in [-0.39, 0.29) is 0 Å². The minimum atomic E-state index is 0.980. The zero-order chi connectivity index (χ0) is 11.7. The molecule has 2 heterocycles. The van der Waals surface area contributed by atoms with Gasteiger partial charge in [-0.15, -0.1) is 11.3 Å². The van der Waals surface area contributed by atoms with Crippen LogP contribution in [0.15, 0.2) is 24.3 Å². The zero-order valence-corrected chi connectivity index (χ0v) is 10.7. The molecule has 4 heteroatoms. The first-order chi connectivity index (χ1) is 8.38. The molecule has 1 aromatic carbocycles. The molecule has 0 saturated carbocycles. The van der Waals surface area contributed by atoms with Gasteiger partial charge in [-0.3, -0.25) is 0 Å². The Morgan fingerprint density at radius 1 is 1.29 bits per heavy atom. The first kappa shape index (κ1) is 10.9. The van der Waals surface area contributed by atoms with Gasteiger partial charge < -0.3 is 15.0 Å². The summed E-state index contributed by atoms with van der Waals surface area (Å²) >= 11 is 1.83. The molecule has 1 fully saturated rings. The van der Waals surface area contributed by atoms with Crippen molar-refractivity contribution in [1.82, 2.24) is 5.32 Å². The van der Waals surface area contributed by atoms with Crippen LogP contribution in [-0.2, 0) is 0 Å². The van der Waals surface area contributed by atoms with Crippen LogP contribution in [0.4, 0.5) is 5.00 Å². The van der Waals surface area contributed by atoms with E-state index in [0.29, 0.717) is 0 Å². The van der Waals surface area contributed by atoms with Gasteiger partial charge in [0.2, 0.25) is 0 Å². The second-order valence-corrected chi connectivity index (χ2v) is 5.23. The van der Waals surface area contributed by atoms with E-state index >= 15 is 0 Å². The van der Waals surface area contributed by atoms with Crippen molar-refractivity contribution in [3.05, 3.63) is 24.3 Å². The van der Waals surface area contributed by atoms with Gasteiger partial charge in [0.05, 0.1) is 16.8 Å². The summed E-state index contributed by atoms with van der Waals surface area (Å²) in [5, 5.41) is 6.01. The SMILES string of the molecule is COc1cccc2cc(N3CCNCC3)sc12. The molecule has 1 aliphatic rings. The Morgan fingerprint density at radius 3 is 2.88 bits per heavy atom. The quantitative estimate of drug-likeness (QED) is 0.882. The number of nitrogens with zero attached hydrogens (tertiary/aromatic N) is 1. The highest BCUT2D eigenvalue weighted by Gasteiger charge is 2.14. The number of hydrogen-bond donors (Lipinski definition) is 1. The second-order valence-electron chi connectivity index (χ2n) is 4.20. The third-order valence-electron chi connectivity index (χ3n) is 3.14. The highest BCUT2D eigenvalue weighted by Crippen LogP contribution is 2.38. The van der Waals surface area contributed by atoms with Crippen LogP contribution in [0.5, 0.6) is 5.75 Å². The monoisotopic (exact) mass is 248 g/mol. The summed E-state index contributed by atoms with van der Waals surface area (Å²) in [7, 11) is 1.74. The van der Waals surface area contributed by atoms with Crippen LogP contribution in [0.25, 0.3) is 10.1 Å². The molecular formula is C13H16N2OS. The molecular weight excluding hydrogens is 232 g/mol. The normalized spacial score (nSPS) is 16.4. The van der Waals surface area contributed by atoms with Crippen molar-refractivity contribution in [3.63, 3.8) is 0 Å². The molecule has 0 unspecified atom stereocenters. The van der Waals surface area contributed by atoms with Crippen molar-refractivity contribution < 1.29 is 4.74 Å². The Balaban J connectivity index is 2.00. The molecule has 0 atom stereocenters. The van der Waals surface area contributed by atoms with Crippen molar-refractivity contribution in [2.45, 2.75) is 0 Å². The number of nitrogens with one attached hydrogen (secondary N) is 1. The van der Waals surface area contributed by atoms with E-state index in [1.165, 1.54) is 15.1 Å². The summed E-state index contributed by atoms with van der Waals surface area (Å²) in [6.07, 6.45) is 0. The van der Waals surface area contributed by atoms with E-state index in [0.717, 1.165) is 31.9 Å². The average Bonchev–Trinajstić information content (AvgIpc) is 2.83. The minimum Gasteiger partial charge on any atom is -0.495 e. The van der Waals surface area contributed by atoms with E-state index in [4.69, 9.17) is 4.74 Å². The lowest BCUT2D eigenvalue weighted by Gasteiger charge is -2.27. The number of ether oxygens (including phenoxy) is 1. The summed E-state index contributed by atoms with van der Waals surface area (Å²) in [6, 6.07) is 8.50. The van der Waals surface area contributed by atoms with Gasteiger partial charge in [0.25, 0.3) is 0 Å². The van der Waals surface area contributed by atoms with Gasteiger partial charge in [0, 0.05) is 26.2 Å². The Bertz CT molecular complexity index is 517. The first-order valence-electron chi connectivity index (χ1n) is 5.91. The van der Waals surface area contributed by atoms with Gasteiger partial charge in [-0.2, -0.15) is 0 Å². The maximum absolute atomic E-state index is 5.41. The third-order valence-corrected chi connectivity index (χ3v) is 4.37. The molecule has 3 nitrogen and oxygen atoms in total. The van der Waals surface area contributed by atoms with E-state index in [2.05, 4.69) is 28.4 Å². The number of benzene rings is 1. The molecule has 0 bridgehead atoms. The van der Waals surface area contributed by atoms with Crippen LogP contribution in [0, 0.1) is 0 Å². The van der Waals surface area contributed by atoms with Crippen molar-refractivity contribution in [2.75, 3.05) is 38.2 Å². The summed E-state index contributed by atoms with van der Waals surface area (Å²) < 4.78 is 6.66. The molecule has 1 N–H and O–H groups in total. The smallest absolute Gasteiger partial charge is 0.136 e. The summed E-state index contributed by atoms with van der Waals surface area (Å²) in [6.45, 7) is 4.33. The number of methoxy groups -OCH3 is 1. The Morgan fingerprint density at radius 2 is 2.12 bits per heavy atom.